The van der Waals surface area contributed by atoms with Gasteiger partial charge in [0, 0.05) is 24.4 Å². The van der Waals surface area contributed by atoms with Gasteiger partial charge in [-0.15, -0.1) is 22.0 Å². The molecule has 1 aromatic heterocycles. The van der Waals surface area contributed by atoms with Gasteiger partial charge in [-0.1, -0.05) is 0 Å². The highest BCUT2D eigenvalue weighted by Crippen LogP contribution is 2.34. The van der Waals surface area contributed by atoms with Gasteiger partial charge in [0.2, 0.25) is 17.7 Å². The van der Waals surface area contributed by atoms with Crippen molar-refractivity contribution >= 4 is 23.4 Å². The van der Waals surface area contributed by atoms with Crippen LogP contribution in [0.3, 0.4) is 0 Å². The number of rotatable bonds is 4. The van der Waals surface area contributed by atoms with Gasteiger partial charge in [0.05, 0.1) is 5.25 Å². The van der Waals surface area contributed by atoms with Crippen molar-refractivity contribution in [2.75, 3.05) is 5.32 Å². The molecule has 1 amide bonds. The third kappa shape index (κ3) is 3.82. The summed E-state index contributed by atoms with van der Waals surface area (Å²) in [7, 11) is 0. The summed E-state index contributed by atoms with van der Waals surface area (Å²) in [5, 5.41) is 10.6. The molecule has 1 atom stereocenters. The van der Waals surface area contributed by atoms with Crippen LogP contribution < -0.4 is 5.32 Å². The van der Waals surface area contributed by atoms with Crippen LogP contribution in [0.1, 0.15) is 30.9 Å². The molecule has 1 N–H and O–H groups in total. The molecule has 0 unspecified atom stereocenters. The SMILES string of the molecule is CC(=O)Nc1ccc(S[C@H](C)c2nnc(C)o2)cc1. The number of carbonyl (C=O) groups is 1. The lowest BCUT2D eigenvalue weighted by molar-refractivity contribution is -0.114. The Morgan fingerprint density at radius 1 is 1.32 bits per heavy atom. The number of hydrogen-bond acceptors (Lipinski definition) is 5. The lowest BCUT2D eigenvalue weighted by atomic mass is 10.3. The number of nitrogens with zero attached hydrogens (tertiary/aromatic N) is 2. The molecule has 0 aliphatic heterocycles. The fourth-order valence-corrected chi connectivity index (χ4v) is 2.45. The molecular weight excluding hydrogens is 262 g/mol. The van der Waals surface area contributed by atoms with E-state index in [0.717, 1.165) is 10.6 Å². The van der Waals surface area contributed by atoms with E-state index < -0.39 is 0 Å². The van der Waals surface area contributed by atoms with E-state index in [4.69, 9.17) is 4.42 Å². The summed E-state index contributed by atoms with van der Waals surface area (Å²) in [5.74, 6) is 1.12. The van der Waals surface area contributed by atoms with Gasteiger partial charge in [0.25, 0.3) is 0 Å². The number of hydrogen-bond donors (Lipinski definition) is 1. The van der Waals surface area contributed by atoms with Crippen molar-refractivity contribution in [3.63, 3.8) is 0 Å². The summed E-state index contributed by atoms with van der Waals surface area (Å²) < 4.78 is 5.39. The van der Waals surface area contributed by atoms with E-state index in [1.165, 1.54) is 6.92 Å². The van der Waals surface area contributed by atoms with Crippen LogP contribution in [0.5, 0.6) is 0 Å². The van der Waals surface area contributed by atoms with Crippen molar-refractivity contribution in [2.45, 2.75) is 30.9 Å². The van der Waals surface area contributed by atoms with Crippen LogP contribution in [0.2, 0.25) is 0 Å². The maximum absolute atomic E-state index is 10.9. The number of anilines is 1. The average molecular weight is 277 g/mol. The van der Waals surface area contributed by atoms with Crippen LogP contribution in [-0.2, 0) is 4.79 Å². The molecule has 1 heterocycles. The fourth-order valence-electron chi connectivity index (χ4n) is 1.55. The Morgan fingerprint density at radius 2 is 2.00 bits per heavy atom. The van der Waals surface area contributed by atoms with Gasteiger partial charge in [0.1, 0.15) is 0 Å². The van der Waals surface area contributed by atoms with Crippen LogP contribution in [0.25, 0.3) is 0 Å². The van der Waals surface area contributed by atoms with E-state index in [2.05, 4.69) is 15.5 Å². The molecule has 0 saturated heterocycles. The summed E-state index contributed by atoms with van der Waals surface area (Å²) in [6, 6.07) is 7.65. The molecule has 1 aromatic carbocycles. The maximum atomic E-state index is 10.9. The summed E-state index contributed by atoms with van der Waals surface area (Å²) in [5.41, 5.74) is 0.790. The zero-order valence-corrected chi connectivity index (χ0v) is 11.8. The predicted octanol–water partition coefficient (Wildman–Crippen LogP) is 3.19. The second-order valence-corrected chi connectivity index (χ2v) is 5.54. The Bertz CT molecular complexity index is 566. The first-order valence-electron chi connectivity index (χ1n) is 5.89. The van der Waals surface area contributed by atoms with Crippen molar-refractivity contribution in [3.8, 4) is 0 Å². The molecule has 2 aromatic rings. The van der Waals surface area contributed by atoms with Crippen molar-refractivity contribution in [1.29, 1.82) is 0 Å². The van der Waals surface area contributed by atoms with Gasteiger partial charge in [0.15, 0.2) is 0 Å². The molecule has 0 fully saturated rings. The number of aryl methyl sites for hydroxylation is 1. The van der Waals surface area contributed by atoms with E-state index in [0.29, 0.717) is 11.8 Å². The van der Waals surface area contributed by atoms with Gasteiger partial charge in [-0.25, -0.2) is 0 Å². The minimum absolute atomic E-state index is 0.0740. The van der Waals surface area contributed by atoms with Crippen molar-refractivity contribution in [1.82, 2.24) is 10.2 Å². The van der Waals surface area contributed by atoms with Gasteiger partial charge >= 0.3 is 0 Å². The molecule has 0 aliphatic rings. The summed E-state index contributed by atoms with van der Waals surface area (Å²) in [6.07, 6.45) is 0. The van der Waals surface area contributed by atoms with Crippen molar-refractivity contribution in [3.05, 3.63) is 36.0 Å². The first-order valence-corrected chi connectivity index (χ1v) is 6.77. The molecule has 0 spiro atoms. The molecule has 0 aliphatic carbocycles. The Balaban J connectivity index is 2.01. The molecule has 5 nitrogen and oxygen atoms in total. The maximum Gasteiger partial charge on any atom is 0.229 e. The number of aromatic nitrogens is 2. The number of thioether (sulfide) groups is 1. The highest BCUT2D eigenvalue weighted by atomic mass is 32.2. The normalized spacial score (nSPS) is 12.2. The smallest absolute Gasteiger partial charge is 0.229 e. The third-order valence-corrected chi connectivity index (χ3v) is 3.48. The minimum atomic E-state index is -0.0740. The predicted molar refractivity (Wildman–Crippen MR) is 74.1 cm³/mol. The van der Waals surface area contributed by atoms with Crippen LogP contribution in [-0.4, -0.2) is 16.1 Å². The van der Waals surface area contributed by atoms with E-state index in [-0.39, 0.29) is 11.2 Å². The van der Waals surface area contributed by atoms with Gasteiger partial charge in [-0.3, -0.25) is 4.79 Å². The topological polar surface area (TPSA) is 68.0 Å². The first-order chi connectivity index (χ1) is 9.04. The quantitative estimate of drug-likeness (QED) is 0.869. The Morgan fingerprint density at radius 3 is 2.53 bits per heavy atom. The van der Waals surface area contributed by atoms with Crippen molar-refractivity contribution in [2.24, 2.45) is 0 Å². The third-order valence-electron chi connectivity index (χ3n) is 2.38. The second-order valence-electron chi connectivity index (χ2n) is 4.12. The van der Waals surface area contributed by atoms with Gasteiger partial charge in [-0.2, -0.15) is 0 Å². The number of benzene rings is 1. The van der Waals surface area contributed by atoms with Crippen molar-refractivity contribution < 1.29 is 9.21 Å². The molecule has 100 valence electrons. The first kappa shape index (κ1) is 13.6. The zero-order chi connectivity index (χ0) is 13.8. The minimum Gasteiger partial charge on any atom is -0.424 e. The lowest BCUT2D eigenvalue weighted by Gasteiger charge is -2.07. The Kier molecular flexibility index (Phi) is 4.21. The summed E-state index contributed by atoms with van der Waals surface area (Å²) >= 11 is 1.63. The van der Waals surface area contributed by atoms with E-state index in [9.17, 15) is 4.79 Å². The molecule has 19 heavy (non-hydrogen) atoms. The molecular formula is C13H15N3O2S. The van der Waals surface area contributed by atoms with Gasteiger partial charge in [-0.05, 0) is 31.2 Å². The molecule has 0 bridgehead atoms. The highest BCUT2D eigenvalue weighted by molar-refractivity contribution is 7.99. The molecule has 6 heteroatoms. The van der Waals surface area contributed by atoms with Crippen LogP contribution in [0.4, 0.5) is 5.69 Å². The standard InChI is InChI=1S/C13H15N3O2S/c1-8(13-16-15-10(3)18-13)19-12-6-4-11(5-7-12)14-9(2)17/h4-8H,1-3H3,(H,14,17)/t8-/m1/s1. The monoisotopic (exact) mass is 277 g/mol. The van der Waals surface area contributed by atoms with Crippen LogP contribution >= 0.6 is 11.8 Å². The van der Waals surface area contributed by atoms with Crippen LogP contribution in [0, 0.1) is 6.92 Å². The van der Waals surface area contributed by atoms with E-state index in [1.807, 2.05) is 31.2 Å². The summed E-state index contributed by atoms with van der Waals surface area (Å²) in [4.78, 5) is 12.0. The van der Waals surface area contributed by atoms with E-state index >= 15 is 0 Å². The average Bonchev–Trinajstić information content (AvgIpc) is 2.78. The van der Waals surface area contributed by atoms with Crippen LogP contribution in [0.15, 0.2) is 33.6 Å². The largest absolute Gasteiger partial charge is 0.424 e. The molecule has 2 rings (SSSR count). The zero-order valence-electron chi connectivity index (χ0n) is 11.0. The molecule has 0 radical (unpaired) electrons. The van der Waals surface area contributed by atoms with Gasteiger partial charge < -0.3 is 9.73 Å². The molecule has 0 saturated carbocycles. The number of carbonyl (C=O) groups excluding carboxylic acids is 1. The number of amides is 1. The highest BCUT2D eigenvalue weighted by Gasteiger charge is 2.13. The summed E-state index contributed by atoms with van der Waals surface area (Å²) in [6.45, 7) is 5.28. The Hall–Kier alpha value is -1.82. The van der Waals surface area contributed by atoms with E-state index in [1.54, 1.807) is 18.7 Å². The lowest BCUT2D eigenvalue weighted by Crippen LogP contribution is -2.05. The second kappa shape index (κ2) is 5.88. The fraction of sp³-hybridized carbons (Fsp3) is 0.308. The number of nitrogens with one attached hydrogen (secondary N) is 1. The Labute approximate surface area is 115 Å².